The van der Waals surface area contributed by atoms with Crippen LogP contribution in [0.5, 0.6) is 0 Å². The molecule has 1 aromatic rings. The van der Waals surface area contributed by atoms with Gasteiger partial charge >= 0.3 is 0 Å². The highest BCUT2D eigenvalue weighted by Crippen LogP contribution is 2.06. The third kappa shape index (κ3) is 1.73. The van der Waals surface area contributed by atoms with Crippen molar-refractivity contribution in [1.82, 2.24) is 15.0 Å². The van der Waals surface area contributed by atoms with E-state index in [1.54, 1.807) is 24.8 Å². The first-order valence-electron chi connectivity index (χ1n) is 3.89. The van der Waals surface area contributed by atoms with Crippen molar-refractivity contribution in [3.05, 3.63) is 18.5 Å². The zero-order valence-corrected chi connectivity index (χ0v) is 7.04. The molecule has 2 heterocycles. The van der Waals surface area contributed by atoms with Crippen LogP contribution in [-0.4, -0.2) is 34.7 Å². The van der Waals surface area contributed by atoms with Gasteiger partial charge in [-0.1, -0.05) is 0 Å². The van der Waals surface area contributed by atoms with Gasteiger partial charge in [-0.15, -0.1) is 0 Å². The minimum absolute atomic E-state index is 0.553. The molecule has 0 saturated heterocycles. The van der Waals surface area contributed by atoms with E-state index in [2.05, 4.69) is 15.0 Å². The van der Waals surface area contributed by atoms with E-state index in [1.807, 2.05) is 4.90 Å². The van der Waals surface area contributed by atoms with E-state index in [4.69, 9.17) is 5.84 Å². The van der Waals surface area contributed by atoms with Crippen molar-refractivity contribution in [1.29, 1.82) is 0 Å². The summed E-state index contributed by atoms with van der Waals surface area (Å²) in [5.74, 6) is 6.20. The smallest absolute Gasteiger partial charge is 0.228 e. The van der Waals surface area contributed by atoms with Gasteiger partial charge in [-0.3, -0.25) is 10.0 Å². The SMILES string of the molecule is NN1C=NCN(c2ncccn2)C1. The van der Waals surface area contributed by atoms with E-state index in [0.717, 1.165) is 0 Å². The molecule has 6 heteroatoms. The summed E-state index contributed by atoms with van der Waals surface area (Å²) in [6, 6.07) is 1.77. The Hall–Kier alpha value is -1.69. The molecule has 0 aromatic carbocycles. The molecule has 0 amide bonds. The second-order valence-electron chi connectivity index (χ2n) is 2.68. The summed E-state index contributed by atoms with van der Waals surface area (Å²) in [5.41, 5.74) is 0. The topological polar surface area (TPSA) is 70.6 Å². The average molecular weight is 178 g/mol. The molecular formula is C7H10N6. The van der Waals surface area contributed by atoms with E-state index >= 15 is 0 Å². The predicted octanol–water partition coefficient (Wildman–Crippen LogP) is -0.584. The van der Waals surface area contributed by atoms with Gasteiger partial charge in [-0.05, 0) is 6.07 Å². The van der Waals surface area contributed by atoms with Crippen molar-refractivity contribution in [2.45, 2.75) is 0 Å². The molecule has 0 saturated carbocycles. The number of nitrogens with zero attached hydrogens (tertiary/aromatic N) is 5. The van der Waals surface area contributed by atoms with Gasteiger partial charge in [0.2, 0.25) is 5.95 Å². The van der Waals surface area contributed by atoms with Gasteiger partial charge < -0.3 is 4.90 Å². The Bertz CT molecular complexity index is 297. The first-order valence-corrected chi connectivity index (χ1v) is 3.89. The van der Waals surface area contributed by atoms with Gasteiger partial charge in [0, 0.05) is 12.4 Å². The highest BCUT2D eigenvalue weighted by atomic mass is 15.5. The minimum atomic E-state index is 0.553. The van der Waals surface area contributed by atoms with Crippen LogP contribution in [0.2, 0.25) is 0 Å². The number of aliphatic imine (C=N–C) groups is 1. The second kappa shape index (κ2) is 3.36. The molecule has 0 atom stereocenters. The highest BCUT2D eigenvalue weighted by Gasteiger charge is 2.12. The van der Waals surface area contributed by atoms with Gasteiger partial charge in [-0.25, -0.2) is 15.8 Å². The molecule has 68 valence electrons. The van der Waals surface area contributed by atoms with Gasteiger partial charge in [0.15, 0.2) is 0 Å². The van der Waals surface area contributed by atoms with E-state index in [1.165, 1.54) is 5.01 Å². The maximum absolute atomic E-state index is 5.55. The van der Waals surface area contributed by atoms with E-state index < -0.39 is 0 Å². The molecule has 2 N–H and O–H groups in total. The highest BCUT2D eigenvalue weighted by molar-refractivity contribution is 5.56. The summed E-state index contributed by atoms with van der Waals surface area (Å²) in [6.45, 7) is 1.12. The number of rotatable bonds is 1. The molecule has 1 aliphatic rings. The van der Waals surface area contributed by atoms with Crippen LogP contribution in [0.3, 0.4) is 0 Å². The lowest BCUT2D eigenvalue weighted by Crippen LogP contribution is -2.45. The molecule has 0 aliphatic carbocycles. The Labute approximate surface area is 75.7 Å². The fourth-order valence-corrected chi connectivity index (χ4v) is 1.10. The molecule has 1 aromatic heterocycles. The predicted molar refractivity (Wildman–Crippen MR) is 48.8 cm³/mol. The fourth-order valence-electron chi connectivity index (χ4n) is 1.10. The Morgan fingerprint density at radius 3 is 2.77 bits per heavy atom. The number of anilines is 1. The molecule has 1 aliphatic heterocycles. The van der Waals surface area contributed by atoms with E-state index in [0.29, 0.717) is 19.3 Å². The van der Waals surface area contributed by atoms with Crippen molar-refractivity contribution >= 4 is 12.3 Å². The van der Waals surface area contributed by atoms with Crippen LogP contribution >= 0.6 is 0 Å². The van der Waals surface area contributed by atoms with Crippen molar-refractivity contribution in [2.75, 3.05) is 18.2 Å². The first kappa shape index (κ1) is 7.93. The van der Waals surface area contributed by atoms with Crippen LogP contribution < -0.4 is 10.7 Å². The third-order valence-corrected chi connectivity index (χ3v) is 1.65. The number of aromatic nitrogens is 2. The molecule has 0 fully saturated rings. The largest absolute Gasteiger partial charge is 0.302 e. The van der Waals surface area contributed by atoms with Crippen LogP contribution in [-0.2, 0) is 0 Å². The standard InChI is InChI=1S/C7H10N6/c8-13-5-9-4-12(6-13)7-10-2-1-3-11-7/h1-3,5H,4,6,8H2. The van der Waals surface area contributed by atoms with Gasteiger partial charge in [0.1, 0.15) is 19.7 Å². The van der Waals surface area contributed by atoms with Crippen molar-refractivity contribution < 1.29 is 0 Å². The summed E-state index contributed by atoms with van der Waals surface area (Å²) >= 11 is 0. The summed E-state index contributed by atoms with van der Waals surface area (Å²) in [7, 11) is 0. The molecule has 0 bridgehead atoms. The molecule has 0 spiro atoms. The third-order valence-electron chi connectivity index (χ3n) is 1.65. The van der Waals surface area contributed by atoms with Crippen LogP contribution in [0.1, 0.15) is 0 Å². The summed E-state index contributed by atoms with van der Waals surface area (Å²) in [6.07, 6.45) is 4.99. The van der Waals surface area contributed by atoms with Crippen LogP contribution in [0.15, 0.2) is 23.5 Å². The zero-order valence-electron chi connectivity index (χ0n) is 7.04. The van der Waals surface area contributed by atoms with Gasteiger partial charge in [0.25, 0.3) is 0 Å². The van der Waals surface area contributed by atoms with Crippen molar-refractivity contribution in [2.24, 2.45) is 10.8 Å². The van der Waals surface area contributed by atoms with Crippen LogP contribution in [0, 0.1) is 0 Å². The summed E-state index contributed by atoms with van der Waals surface area (Å²) in [5, 5.41) is 1.49. The maximum Gasteiger partial charge on any atom is 0.228 e. The Kier molecular flexibility index (Phi) is 2.05. The lowest BCUT2D eigenvalue weighted by molar-refractivity contribution is 0.421. The van der Waals surface area contributed by atoms with E-state index in [9.17, 15) is 0 Å². The normalized spacial score (nSPS) is 16.4. The summed E-state index contributed by atoms with van der Waals surface area (Å²) in [4.78, 5) is 14.1. The fraction of sp³-hybridized carbons (Fsp3) is 0.286. The first-order chi connectivity index (χ1) is 6.36. The molecule has 0 unspecified atom stereocenters. The number of hydrazine groups is 1. The number of nitrogens with two attached hydrogens (primary N) is 1. The lowest BCUT2D eigenvalue weighted by Gasteiger charge is -2.28. The van der Waals surface area contributed by atoms with E-state index in [-0.39, 0.29) is 0 Å². The number of hydrogen-bond acceptors (Lipinski definition) is 6. The monoisotopic (exact) mass is 178 g/mol. The molecule has 13 heavy (non-hydrogen) atoms. The van der Waals surface area contributed by atoms with Crippen LogP contribution in [0.4, 0.5) is 5.95 Å². The quantitative estimate of drug-likeness (QED) is 0.582. The maximum atomic E-state index is 5.55. The summed E-state index contributed by atoms with van der Waals surface area (Å²) < 4.78 is 0. The minimum Gasteiger partial charge on any atom is -0.302 e. The Balaban J connectivity index is 2.15. The zero-order chi connectivity index (χ0) is 9.10. The second-order valence-corrected chi connectivity index (χ2v) is 2.68. The van der Waals surface area contributed by atoms with Crippen molar-refractivity contribution in [3.63, 3.8) is 0 Å². The Morgan fingerprint density at radius 1 is 1.31 bits per heavy atom. The lowest BCUT2D eigenvalue weighted by atomic mass is 10.6. The molecule has 0 radical (unpaired) electrons. The molecule has 2 rings (SSSR count). The molecular weight excluding hydrogens is 168 g/mol. The van der Waals surface area contributed by atoms with Crippen molar-refractivity contribution in [3.8, 4) is 0 Å². The van der Waals surface area contributed by atoms with Gasteiger partial charge in [0.05, 0.1) is 0 Å². The van der Waals surface area contributed by atoms with Crippen LogP contribution in [0.25, 0.3) is 0 Å². The average Bonchev–Trinajstić information content (AvgIpc) is 2.19. The van der Waals surface area contributed by atoms with Gasteiger partial charge in [-0.2, -0.15) is 0 Å². The molecule has 6 nitrogen and oxygen atoms in total. The number of hydrogen-bond donors (Lipinski definition) is 1. The Morgan fingerprint density at radius 2 is 2.08 bits per heavy atom.